The minimum absolute atomic E-state index is 0.0260. The monoisotopic (exact) mass is 379 g/mol. The number of piperidine rings is 1. The molecule has 2 fully saturated rings. The lowest BCUT2D eigenvalue weighted by Crippen LogP contribution is -2.42. The summed E-state index contributed by atoms with van der Waals surface area (Å²) in [5, 5.41) is 4.53. The summed E-state index contributed by atoms with van der Waals surface area (Å²) in [5.74, 6) is 0. The SMILES string of the molecule is [2H]c1c(B2OC(C)(C)C(C)(C)O2)nn(C2CCN(C(=O)OC(C)(C)C)CC2)c1[2H]. The van der Waals surface area contributed by atoms with Crippen LogP contribution in [0.2, 0.25) is 0 Å². The minimum atomic E-state index is -0.764. The number of rotatable bonds is 2. The molecule has 2 saturated heterocycles. The maximum atomic E-state index is 12.3. The van der Waals surface area contributed by atoms with Crippen molar-refractivity contribution in [3.63, 3.8) is 0 Å². The lowest BCUT2D eigenvalue weighted by atomic mass is 9.85. The zero-order valence-corrected chi connectivity index (χ0v) is 17.5. The molecule has 0 bridgehead atoms. The number of hydrogen-bond donors (Lipinski definition) is 0. The van der Waals surface area contributed by atoms with Crippen LogP contribution in [0.25, 0.3) is 0 Å². The summed E-state index contributed by atoms with van der Waals surface area (Å²) < 4.78 is 35.7. The first-order valence-electron chi connectivity index (χ1n) is 10.6. The van der Waals surface area contributed by atoms with E-state index in [-0.39, 0.29) is 24.4 Å². The van der Waals surface area contributed by atoms with Gasteiger partial charge in [0.2, 0.25) is 0 Å². The molecule has 1 amide bonds. The van der Waals surface area contributed by atoms with Crippen LogP contribution in [-0.2, 0) is 14.0 Å². The van der Waals surface area contributed by atoms with E-state index in [1.807, 2.05) is 48.5 Å². The average molecular weight is 379 g/mol. The summed E-state index contributed by atoms with van der Waals surface area (Å²) >= 11 is 0. The number of likely N-dealkylation sites (tertiary alicyclic amines) is 1. The molecule has 0 aromatic carbocycles. The summed E-state index contributed by atoms with van der Waals surface area (Å²) in [4.78, 5) is 13.9. The number of amides is 1. The topological polar surface area (TPSA) is 65.8 Å². The lowest BCUT2D eigenvalue weighted by molar-refractivity contribution is 0.00578. The van der Waals surface area contributed by atoms with E-state index >= 15 is 0 Å². The Kier molecular flexibility index (Phi) is 4.43. The maximum absolute atomic E-state index is 12.3. The van der Waals surface area contributed by atoms with Gasteiger partial charge in [-0.25, -0.2) is 4.79 Å². The van der Waals surface area contributed by atoms with Crippen molar-refractivity contribution in [3.05, 3.63) is 12.2 Å². The van der Waals surface area contributed by atoms with Crippen molar-refractivity contribution in [2.75, 3.05) is 13.1 Å². The third-order valence-electron chi connectivity index (χ3n) is 5.45. The summed E-state index contributed by atoms with van der Waals surface area (Å²) in [6, 6.07) is -0.0282. The van der Waals surface area contributed by atoms with Crippen molar-refractivity contribution in [3.8, 4) is 0 Å². The standard InChI is InChI=1S/C19H32BN3O4/c1-17(2,3)25-16(24)22-11-8-14(9-12-22)23-13-10-15(21-23)20-26-18(4,5)19(6,7)27-20/h10,13-14H,8-9,11-12H2,1-7H3/i10D,13D. The van der Waals surface area contributed by atoms with Gasteiger partial charge in [0.25, 0.3) is 0 Å². The molecule has 1 aromatic rings. The van der Waals surface area contributed by atoms with Gasteiger partial charge in [-0.3, -0.25) is 4.68 Å². The summed E-state index contributed by atoms with van der Waals surface area (Å²) in [5.41, 5.74) is -1.26. The largest absolute Gasteiger partial charge is 0.516 e. The molecule has 0 spiro atoms. The van der Waals surface area contributed by atoms with Crippen molar-refractivity contribution in [2.45, 2.75) is 84.2 Å². The summed E-state index contributed by atoms with van der Waals surface area (Å²) in [6.07, 6.45) is 1.02. The second kappa shape index (κ2) is 6.81. The average Bonchev–Trinajstić information content (AvgIpc) is 2.99. The molecule has 0 unspecified atom stereocenters. The van der Waals surface area contributed by atoms with Crippen LogP contribution in [0.3, 0.4) is 0 Å². The van der Waals surface area contributed by atoms with Crippen molar-refractivity contribution < 1.29 is 21.6 Å². The highest BCUT2D eigenvalue weighted by molar-refractivity contribution is 6.61. The molecule has 0 radical (unpaired) electrons. The molecular formula is C19H32BN3O4. The van der Waals surface area contributed by atoms with Gasteiger partial charge in [-0.2, -0.15) is 5.10 Å². The van der Waals surface area contributed by atoms with Gasteiger partial charge >= 0.3 is 13.2 Å². The van der Waals surface area contributed by atoms with Crippen LogP contribution in [0.1, 0.15) is 70.1 Å². The van der Waals surface area contributed by atoms with Crippen molar-refractivity contribution in [1.29, 1.82) is 0 Å². The van der Waals surface area contributed by atoms with Gasteiger partial charge < -0.3 is 18.9 Å². The normalized spacial score (nSPS) is 24.0. The first-order valence-corrected chi connectivity index (χ1v) is 9.61. The van der Waals surface area contributed by atoms with E-state index in [0.717, 1.165) is 0 Å². The first-order chi connectivity index (χ1) is 13.2. The Morgan fingerprint density at radius 3 is 2.33 bits per heavy atom. The Labute approximate surface area is 165 Å². The van der Waals surface area contributed by atoms with Crippen LogP contribution in [0.4, 0.5) is 4.79 Å². The van der Waals surface area contributed by atoms with E-state index in [0.29, 0.717) is 31.5 Å². The number of carbonyl (C=O) groups excluding carboxylic acids is 1. The number of hydrogen-bond acceptors (Lipinski definition) is 5. The van der Waals surface area contributed by atoms with Crippen LogP contribution in [0.5, 0.6) is 0 Å². The molecule has 0 aliphatic carbocycles. The van der Waals surface area contributed by atoms with Gasteiger partial charge in [0, 0.05) is 19.3 Å². The second-order valence-corrected chi connectivity index (χ2v) is 9.35. The fourth-order valence-corrected chi connectivity index (χ4v) is 3.13. The van der Waals surface area contributed by atoms with Gasteiger partial charge in [0.15, 0.2) is 0 Å². The molecular weight excluding hydrogens is 345 g/mol. The number of ether oxygens (including phenoxy) is 1. The van der Waals surface area contributed by atoms with Crippen molar-refractivity contribution in [1.82, 2.24) is 14.7 Å². The molecule has 0 saturated carbocycles. The molecule has 27 heavy (non-hydrogen) atoms. The van der Waals surface area contributed by atoms with Gasteiger partial charge in [0.1, 0.15) is 5.60 Å². The van der Waals surface area contributed by atoms with E-state index in [4.69, 9.17) is 16.8 Å². The van der Waals surface area contributed by atoms with E-state index in [2.05, 4.69) is 5.10 Å². The quantitative estimate of drug-likeness (QED) is 0.740. The lowest BCUT2D eigenvalue weighted by Gasteiger charge is -2.33. The highest BCUT2D eigenvalue weighted by atomic mass is 16.7. The zero-order chi connectivity index (χ0) is 21.8. The van der Waals surface area contributed by atoms with E-state index in [9.17, 15) is 4.79 Å². The van der Waals surface area contributed by atoms with Crippen LogP contribution in [-0.4, -0.2) is 57.8 Å². The van der Waals surface area contributed by atoms with Gasteiger partial charge in [0.05, 0.1) is 25.6 Å². The fourth-order valence-electron chi connectivity index (χ4n) is 3.13. The van der Waals surface area contributed by atoms with E-state index < -0.39 is 23.9 Å². The molecule has 150 valence electrons. The fraction of sp³-hybridized carbons (Fsp3) is 0.789. The molecule has 8 heteroatoms. The Morgan fingerprint density at radius 2 is 1.81 bits per heavy atom. The molecule has 0 atom stereocenters. The maximum Gasteiger partial charge on any atom is 0.516 e. The molecule has 1 aromatic heterocycles. The van der Waals surface area contributed by atoms with Gasteiger partial charge in [-0.15, -0.1) is 0 Å². The minimum Gasteiger partial charge on any atom is -0.444 e. The molecule has 3 heterocycles. The Hall–Kier alpha value is -1.54. The summed E-state index contributed by atoms with van der Waals surface area (Å²) in [6.45, 7) is 14.4. The van der Waals surface area contributed by atoms with Gasteiger partial charge in [-0.1, -0.05) is 0 Å². The molecule has 2 aliphatic heterocycles. The Bertz CT molecular complexity index is 767. The first kappa shape index (κ1) is 17.6. The molecule has 0 N–H and O–H groups in total. The highest BCUT2D eigenvalue weighted by Crippen LogP contribution is 2.36. The Morgan fingerprint density at radius 1 is 1.26 bits per heavy atom. The summed E-state index contributed by atoms with van der Waals surface area (Å²) in [7, 11) is -0.764. The third kappa shape index (κ3) is 4.32. The van der Waals surface area contributed by atoms with E-state index in [1.54, 1.807) is 9.58 Å². The molecule has 7 nitrogen and oxygen atoms in total. The van der Waals surface area contributed by atoms with Crippen LogP contribution in [0, 0.1) is 0 Å². The Balaban J connectivity index is 1.71. The van der Waals surface area contributed by atoms with Crippen molar-refractivity contribution >= 4 is 18.8 Å². The van der Waals surface area contributed by atoms with Crippen LogP contribution < -0.4 is 5.59 Å². The number of nitrogens with zero attached hydrogens (tertiary/aromatic N) is 3. The predicted octanol–water partition coefficient (Wildman–Crippen LogP) is 2.75. The van der Waals surface area contributed by atoms with Gasteiger partial charge in [-0.05, 0) is 67.4 Å². The molecule has 3 rings (SSSR count). The third-order valence-corrected chi connectivity index (χ3v) is 5.45. The number of aromatic nitrogens is 2. The van der Waals surface area contributed by atoms with Crippen LogP contribution >= 0.6 is 0 Å². The van der Waals surface area contributed by atoms with Crippen LogP contribution in [0.15, 0.2) is 12.2 Å². The predicted molar refractivity (Wildman–Crippen MR) is 104 cm³/mol. The highest BCUT2D eigenvalue weighted by Gasteiger charge is 2.52. The van der Waals surface area contributed by atoms with E-state index in [1.165, 1.54) is 0 Å². The van der Waals surface area contributed by atoms with Crippen molar-refractivity contribution in [2.24, 2.45) is 0 Å². The molecule has 2 aliphatic rings. The second-order valence-electron chi connectivity index (χ2n) is 9.35. The smallest absolute Gasteiger partial charge is 0.444 e. The number of carbonyl (C=O) groups is 1. The zero-order valence-electron chi connectivity index (χ0n) is 19.5.